The van der Waals surface area contributed by atoms with Crippen molar-refractivity contribution in [2.75, 3.05) is 5.32 Å². The zero-order chi connectivity index (χ0) is 14.1. The Labute approximate surface area is 141 Å². The molecule has 1 aromatic carbocycles. The van der Waals surface area contributed by atoms with Crippen molar-refractivity contribution >= 4 is 59.1 Å². The molecular formula is C13H9Br3N4. The first kappa shape index (κ1) is 14.0. The Morgan fingerprint density at radius 2 is 1.80 bits per heavy atom. The number of rotatable bonds is 3. The van der Waals surface area contributed by atoms with Crippen molar-refractivity contribution in [1.29, 1.82) is 0 Å². The molecular weight excluding hydrogens is 452 g/mol. The number of hydrogen-bond donors (Lipinski definition) is 1. The SMILES string of the molecule is Brc1cn2c(CNc3c(Br)cccc3Br)cnc2cn1. The second-order valence-corrected chi connectivity index (χ2v) is 6.66. The van der Waals surface area contributed by atoms with Crippen LogP contribution in [0.1, 0.15) is 5.69 Å². The highest BCUT2D eigenvalue weighted by molar-refractivity contribution is 9.11. The van der Waals surface area contributed by atoms with Crippen molar-refractivity contribution in [1.82, 2.24) is 14.4 Å². The topological polar surface area (TPSA) is 42.2 Å². The highest BCUT2D eigenvalue weighted by Crippen LogP contribution is 2.30. The van der Waals surface area contributed by atoms with Gasteiger partial charge in [-0.15, -0.1) is 0 Å². The van der Waals surface area contributed by atoms with Gasteiger partial charge in [0.1, 0.15) is 4.60 Å². The van der Waals surface area contributed by atoms with E-state index >= 15 is 0 Å². The summed E-state index contributed by atoms with van der Waals surface area (Å²) in [5, 5.41) is 3.40. The van der Waals surface area contributed by atoms with E-state index in [4.69, 9.17) is 0 Å². The van der Waals surface area contributed by atoms with Crippen LogP contribution < -0.4 is 5.32 Å². The first-order valence-corrected chi connectivity index (χ1v) is 8.18. The average Bonchev–Trinajstić information content (AvgIpc) is 2.81. The van der Waals surface area contributed by atoms with E-state index in [1.54, 1.807) is 6.20 Å². The van der Waals surface area contributed by atoms with Crippen LogP contribution in [-0.4, -0.2) is 14.4 Å². The molecule has 0 amide bonds. The van der Waals surface area contributed by atoms with Crippen LogP contribution in [0.15, 0.2) is 50.3 Å². The number of fused-ring (bicyclic) bond motifs is 1. The van der Waals surface area contributed by atoms with Gasteiger partial charge in [0.25, 0.3) is 0 Å². The standard InChI is InChI=1S/C13H9Br3N4/c14-9-2-1-3-10(15)13(9)19-5-8-4-18-12-6-17-11(16)7-20(8)12/h1-4,6-7,19H,5H2. The van der Waals surface area contributed by atoms with Crippen molar-refractivity contribution in [3.63, 3.8) is 0 Å². The fraction of sp³-hybridized carbons (Fsp3) is 0.0769. The van der Waals surface area contributed by atoms with Crippen LogP contribution in [0, 0.1) is 0 Å². The molecule has 0 fully saturated rings. The number of aromatic nitrogens is 3. The van der Waals surface area contributed by atoms with E-state index in [-0.39, 0.29) is 0 Å². The molecule has 0 saturated heterocycles. The average molecular weight is 461 g/mol. The third-order valence-electron chi connectivity index (χ3n) is 2.85. The molecule has 4 nitrogen and oxygen atoms in total. The van der Waals surface area contributed by atoms with Gasteiger partial charge in [0.2, 0.25) is 0 Å². The van der Waals surface area contributed by atoms with Gasteiger partial charge in [-0.3, -0.25) is 4.40 Å². The van der Waals surface area contributed by atoms with Crippen molar-refractivity contribution in [3.05, 3.63) is 56.0 Å². The minimum absolute atomic E-state index is 0.666. The molecule has 0 saturated carbocycles. The Kier molecular flexibility index (Phi) is 4.09. The monoisotopic (exact) mass is 458 g/mol. The third kappa shape index (κ3) is 2.75. The summed E-state index contributed by atoms with van der Waals surface area (Å²) in [4.78, 5) is 8.50. The fourth-order valence-electron chi connectivity index (χ4n) is 1.89. The summed E-state index contributed by atoms with van der Waals surface area (Å²) in [7, 11) is 0. The summed E-state index contributed by atoms with van der Waals surface area (Å²) in [6.07, 6.45) is 5.50. The second-order valence-electron chi connectivity index (χ2n) is 4.14. The molecule has 0 aliphatic carbocycles. The lowest BCUT2D eigenvalue weighted by Gasteiger charge is -2.10. The van der Waals surface area contributed by atoms with E-state index in [1.807, 2.05) is 35.0 Å². The number of nitrogens with one attached hydrogen (secondary N) is 1. The number of para-hydroxylation sites is 1. The molecule has 7 heteroatoms. The Morgan fingerprint density at radius 1 is 1.05 bits per heavy atom. The summed E-state index contributed by atoms with van der Waals surface area (Å²) in [5.74, 6) is 0. The van der Waals surface area contributed by atoms with Crippen LogP contribution in [0.2, 0.25) is 0 Å². The van der Waals surface area contributed by atoms with Crippen molar-refractivity contribution in [3.8, 4) is 0 Å². The predicted octanol–water partition coefficient (Wildman–Crippen LogP) is 4.63. The molecule has 2 heterocycles. The molecule has 0 spiro atoms. The molecule has 2 aromatic heterocycles. The van der Waals surface area contributed by atoms with Gasteiger partial charge in [0.15, 0.2) is 5.65 Å². The molecule has 102 valence electrons. The smallest absolute Gasteiger partial charge is 0.155 e. The van der Waals surface area contributed by atoms with Crippen molar-refractivity contribution < 1.29 is 0 Å². The highest BCUT2D eigenvalue weighted by Gasteiger charge is 2.07. The fourth-order valence-corrected chi connectivity index (χ4v) is 3.48. The molecule has 0 unspecified atom stereocenters. The number of nitrogens with zero attached hydrogens (tertiary/aromatic N) is 3. The molecule has 20 heavy (non-hydrogen) atoms. The van der Waals surface area contributed by atoms with E-state index in [9.17, 15) is 0 Å². The molecule has 3 aromatic rings. The van der Waals surface area contributed by atoms with Crippen molar-refractivity contribution in [2.45, 2.75) is 6.54 Å². The van der Waals surface area contributed by atoms with Gasteiger partial charge in [-0.05, 0) is 59.9 Å². The number of halogens is 3. The van der Waals surface area contributed by atoms with E-state index in [1.165, 1.54) is 0 Å². The molecule has 0 aliphatic heterocycles. The minimum atomic E-state index is 0.666. The zero-order valence-corrected chi connectivity index (χ0v) is 14.9. The number of anilines is 1. The van der Waals surface area contributed by atoms with Crippen LogP contribution in [0.3, 0.4) is 0 Å². The number of imidazole rings is 1. The first-order chi connectivity index (χ1) is 9.65. The van der Waals surface area contributed by atoms with Gasteiger partial charge < -0.3 is 5.32 Å². The summed E-state index contributed by atoms with van der Waals surface area (Å²) in [6.45, 7) is 0.666. The second kappa shape index (κ2) is 5.83. The molecule has 3 rings (SSSR count). The van der Waals surface area contributed by atoms with Crippen LogP contribution in [-0.2, 0) is 6.54 Å². The van der Waals surface area contributed by atoms with Gasteiger partial charge >= 0.3 is 0 Å². The lowest BCUT2D eigenvalue weighted by Crippen LogP contribution is -2.04. The van der Waals surface area contributed by atoms with Gasteiger partial charge in [0, 0.05) is 15.1 Å². The Bertz CT molecular complexity index is 749. The molecule has 0 atom stereocenters. The summed E-state index contributed by atoms with van der Waals surface area (Å²) in [6, 6.07) is 5.99. The van der Waals surface area contributed by atoms with E-state index in [2.05, 4.69) is 63.1 Å². The van der Waals surface area contributed by atoms with Gasteiger partial charge in [-0.2, -0.15) is 0 Å². The molecule has 0 bridgehead atoms. The van der Waals surface area contributed by atoms with E-state index < -0.39 is 0 Å². The Hall–Kier alpha value is -0.920. The highest BCUT2D eigenvalue weighted by atomic mass is 79.9. The van der Waals surface area contributed by atoms with Gasteiger partial charge in [0.05, 0.1) is 30.3 Å². The lowest BCUT2D eigenvalue weighted by molar-refractivity contribution is 0.981. The van der Waals surface area contributed by atoms with Crippen LogP contribution in [0.25, 0.3) is 5.65 Å². The van der Waals surface area contributed by atoms with Crippen LogP contribution in [0.5, 0.6) is 0 Å². The summed E-state index contributed by atoms with van der Waals surface area (Å²) >= 11 is 10.5. The maximum Gasteiger partial charge on any atom is 0.155 e. The van der Waals surface area contributed by atoms with E-state index in [0.29, 0.717) is 6.54 Å². The predicted molar refractivity (Wildman–Crippen MR) is 89.9 cm³/mol. The third-order valence-corrected chi connectivity index (χ3v) is 4.58. The lowest BCUT2D eigenvalue weighted by atomic mass is 10.3. The van der Waals surface area contributed by atoms with E-state index in [0.717, 1.165) is 30.6 Å². The minimum Gasteiger partial charge on any atom is -0.378 e. The van der Waals surface area contributed by atoms with Gasteiger partial charge in [-0.25, -0.2) is 9.97 Å². The Morgan fingerprint density at radius 3 is 2.55 bits per heavy atom. The largest absolute Gasteiger partial charge is 0.378 e. The normalized spacial score (nSPS) is 10.9. The zero-order valence-electron chi connectivity index (χ0n) is 10.1. The number of hydrogen-bond acceptors (Lipinski definition) is 3. The molecule has 0 radical (unpaired) electrons. The number of benzene rings is 1. The summed E-state index contributed by atoms with van der Waals surface area (Å²) in [5.41, 5.74) is 2.91. The van der Waals surface area contributed by atoms with Crippen LogP contribution >= 0.6 is 47.8 Å². The van der Waals surface area contributed by atoms with Crippen molar-refractivity contribution in [2.24, 2.45) is 0 Å². The summed E-state index contributed by atoms with van der Waals surface area (Å²) < 4.78 is 4.83. The van der Waals surface area contributed by atoms with Gasteiger partial charge in [-0.1, -0.05) is 6.07 Å². The maximum absolute atomic E-state index is 4.33. The Balaban J connectivity index is 1.89. The molecule has 1 N–H and O–H groups in total. The first-order valence-electron chi connectivity index (χ1n) is 5.80. The molecule has 0 aliphatic rings. The quantitative estimate of drug-likeness (QED) is 0.619. The van der Waals surface area contributed by atoms with Crippen LogP contribution in [0.4, 0.5) is 5.69 Å². The maximum atomic E-state index is 4.33.